The predicted octanol–water partition coefficient (Wildman–Crippen LogP) is 6.39. The molecule has 2 aromatic carbocycles. The van der Waals surface area contributed by atoms with E-state index in [0.29, 0.717) is 6.61 Å². The van der Waals surface area contributed by atoms with Gasteiger partial charge in [0.15, 0.2) is 8.32 Å². The minimum atomic E-state index is -1.90. The van der Waals surface area contributed by atoms with Crippen molar-refractivity contribution in [1.82, 2.24) is 4.90 Å². The Labute approximate surface area is 188 Å². The number of likely N-dealkylation sites (tertiary alicyclic amines) is 1. The molecule has 2 aromatic rings. The van der Waals surface area contributed by atoms with Crippen molar-refractivity contribution in [3.63, 3.8) is 0 Å². The van der Waals surface area contributed by atoms with Gasteiger partial charge < -0.3 is 9.16 Å². The molecule has 0 spiro atoms. The van der Waals surface area contributed by atoms with Gasteiger partial charge in [-0.25, -0.2) is 4.79 Å². The van der Waals surface area contributed by atoms with Crippen LogP contribution in [-0.2, 0) is 9.22 Å². The van der Waals surface area contributed by atoms with Crippen molar-refractivity contribution in [2.24, 2.45) is 0 Å². The number of carbonyl (C=O) groups excluding carboxylic acids is 1. The fourth-order valence-corrected chi connectivity index (χ4v) is 3.98. The van der Waals surface area contributed by atoms with Gasteiger partial charge in [0.1, 0.15) is 24.0 Å². The molecule has 0 bridgehead atoms. The van der Waals surface area contributed by atoms with Crippen molar-refractivity contribution < 1.29 is 14.0 Å². The Kier molecular flexibility index (Phi) is 7.40. The van der Waals surface area contributed by atoms with E-state index in [1.165, 1.54) is 0 Å². The van der Waals surface area contributed by atoms with Crippen LogP contribution in [0.25, 0.3) is 0 Å². The molecule has 1 aliphatic heterocycles. The summed E-state index contributed by atoms with van der Waals surface area (Å²) in [4.78, 5) is 15.0. The van der Waals surface area contributed by atoms with Gasteiger partial charge in [0.2, 0.25) is 12.6 Å². The van der Waals surface area contributed by atoms with E-state index in [-0.39, 0.29) is 16.9 Å². The largest absolute Gasteiger partial charge is 0.457 e. The Hall–Kier alpha value is -1.95. The van der Waals surface area contributed by atoms with Gasteiger partial charge in [-0.15, -0.1) is 0 Å². The first-order chi connectivity index (χ1) is 14.6. The van der Waals surface area contributed by atoms with E-state index in [9.17, 15) is 4.79 Å². The first-order valence-corrected chi connectivity index (χ1v) is 13.7. The lowest BCUT2D eigenvalue weighted by Crippen LogP contribution is -2.45. The van der Waals surface area contributed by atoms with E-state index in [1.54, 1.807) is 4.90 Å². The number of nitrogens with zero attached hydrogens (tertiary/aromatic N) is 1. The van der Waals surface area contributed by atoms with Crippen LogP contribution in [0.2, 0.25) is 18.1 Å². The number of rotatable bonds is 7. The molecule has 4 nitrogen and oxygen atoms in total. The van der Waals surface area contributed by atoms with Gasteiger partial charge in [0.05, 0.1) is 0 Å². The highest BCUT2D eigenvalue weighted by atomic mass is 28.4. The van der Waals surface area contributed by atoms with Crippen molar-refractivity contribution in [1.29, 1.82) is 0 Å². The summed E-state index contributed by atoms with van der Waals surface area (Å²) in [7, 11) is -1.90. The normalized spacial score (nSPS) is 17.0. The molecule has 1 atom stereocenters. The lowest BCUT2D eigenvalue weighted by atomic mass is 9.99. The van der Waals surface area contributed by atoms with E-state index in [2.05, 4.69) is 33.9 Å². The Morgan fingerprint density at radius 2 is 1.71 bits per heavy atom. The van der Waals surface area contributed by atoms with Crippen LogP contribution in [0.5, 0.6) is 11.5 Å². The van der Waals surface area contributed by atoms with E-state index in [0.717, 1.165) is 23.1 Å². The maximum absolute atomic E-state index is 13.3. The minimum absolute atomic E-state index is 0.0238. The molecule has 1 amide bonds. The summed E-state index contributed by atoms with van der Waals surface area (Å²) in [6.45, 7) is 15.3. The molecule has 1 heterocycles. The fraction of sp³-hybridized carbons (Fsp3) is 0.346. The second-order valence-corrected chi connectivity index (χ2v) is 14.3. The van der Waals surface area contributed by atoms with Crippen molar-refractivity contribution in [3.05, 3.63) is 85.6 Å². The Morgan fingerprint density at radius 3 is 2.39 bits per heavy atom. The minimum Gasteiger partial charge on any atom is -0.457 e. The van der Waals surface area contributed by atoms with Crippen molar-refractivity contribution in [2.45, 2.75) is 51.7 Å². The highest BCUT2D eigenvalue weighted by Gasteiger charge is 2.47. The number of hydrogen-bond donors (Lipinski definition) is 0. The molecule has 3 rings (SSSR count). The van der Waals surface area contributed by atoms with Gasteiger partial charge in [-0.05, 0) is 54.9 Å². The summed E-state index contributed by atoms with van der Waals surface area (Å²) in [6.07, 6.45) is 3.87. The summed E-state index contributed by atoms with van der Waals surface area (Å²) >= 11 is 0. The van der Waals surface area contributed by atoms with Gasteiger partial charge in [-0.3, -0.25) is 0 Å². The predicted molar refractivity (Wildman–Crippen MR) is 128 cm³/mol. The van der Waals surface area contributed by atoms with Gasteiger partial charge in [0, 0.05) is 12.8 Å². The van der Waals surface area contributed by atoms with Crippen LogP contribution in [0.15, 0.2) is 54.6 Å². The summed E-state index contributed by atoms with van der Waals surface area (Å²) < 4.78 is 12.3. The van der Waals surface area contributed by atoms with E-state index in [4.69, 9.17) is 9.16 Å². The Balaban J connectivity index is 1.67. The zero-order valence-electron chi connectivity index (χ0n) is 19.4. The average molecular weight is 436 g/mol. The molecule has 163 valence electrons. The van der Waals surface area contributed by atoms with Gasteiger partial charge in [-0.1, -0.05) is 56.0 Å². The van der Waals surface area contributed by atoms with E-state index >= 15 is 0 Å². The van der Waals surface area contributed by atoms with Crippen molar-refractivity contribution >= 4 is 14.2 Å². The highest BCUT2D eigenvalue weighted by molar-refractivity contribution is 6.74. The first kappa shape index (κ1) is 23.7. The third-order valence-electron chi connectivity index (χ3n) is 6.17. The van der Waals surface area contributed by atoms with Gasteiger partial charge in [0.25, 0.3) is 0 Å². The molecule has 5 radical (unpaired) electrons. The molecule has 1 aliphatic rings. The number of ether oxygens (including phenoxy) is 1. The Morgan fingerprint density at radius 1 is 1.03 bits per heavy atom. The zero-order chi connectivity index (χ0) is 22.6. The SMILES string of the molecule is CC(C(=O)[N+]1[CH][CH][CH][C]1CO[Si](C)(C)C(C)(C)C)c1cccc(Oc2ccccc2)c1. The summed E-state index contributed by atoms with van der Waals surface area (Å²) in [5.41, 5.74) is 0.920. The van der Waals surface area contributed by atoms with E-state index in [1.807, 2.05) is 80.9 Å². The van der Waals surface area contributed by atoms with Crippen LogP contribution in [-0.4, -0.2) is 20.8 Å². The zero-order valence-corrected chi connectivity index (χ0v) is 20.4. The van der Waals surface area contributed by atoms with Crippen LogP contribution in [0, 0.1) is 25.4 Å². The quantitative estimate of drug-likeness (QED) is 0.374. The second-order valence-electron chi connectivity index (χ2n) is 9.47. The number of carbonyl (C=O) groups is 1. The maximum atomic E-state index is 13.3. The third kappa shape index (κ3) is 5.85. The molecular weight excluding hydrogens is 402 g/mol. The summed E-state index contributed by atoms with van der Waals surface area (Å²) in [6, 6.07) is 18.3. The highest BCUT2D eigenvalue weighted by Crippen LogP contribution is 2.38. The smallest absolute Gasteiger partial charge is 0.369 e. The standard InChI is InChI=1S/C26H33NO3Si/c1-20(21-12-10-16-24(18-21)30-23-14-8-7-9-15-23)25(28)27-17-11-13-22(27)19-29-31(5,6)26(2,3)4/h7-18,20H,19H2,1-6H3/q+1. The fourth-order valence-electron chi connectivity index (χ4n) is 3.04. The average Bonchev–Trinajstić information content (AvgIpc) is 3.20. The van der Waals surface area contributed by atoms with Crippen LogP contribution >= 0.6 is 0 Å². The summed E-state index contributed by atoms with van der Waals surface area (Å²) in [5, 5.41) is 0.126. The molecule has 31 heavy (non-hydrogen) atoms. The second kappa shape index (κ2) is 9.68. The van der Waals surface area contributed by atoms with Gasteiger partial charge in [-0.2, -0.15) is 0 Å². The molecule has 1 unspecified atom stereocenters. The summed E-state index contributed by atoms with van der Waals surface area (Å²) in [5.74, 6) is 1.21. The van der Waals surface area contributed by atoms with Crippen LogP contribution in [0.3, 0.4) is 0 Å². The number of amides is 1. The van der Waals surface area contributed by atoms with Gasteiger partial charge >= 0.3 is 5.91 Å². The molecule has 0 N–H and O–H groups in total. The monoisotopic (exact) mass is 435 g/mol. The lowest BCUT2D eigenvalue weighted by molar-refractivity contribution is -0.125. The number of para-hydroxylation sites is 1. The van der Waals surface area contributed by atoms with Crippen LogP contribution in [0.1, 0.15) is 39.2 Å². The molecule has 0 aliphatic carbocycles. The van der Waals surface area contributed by atoms with Crippen LogP contribution in [0.4, 0.5) is 0 Å². The van der Waals surface area contributed by atoms with Crippen molar-refractivity contribution in [3.8, 4) is 11.5 Å². The third-order valence-corrected chi connectivity index (χ3v) is 10.6. The molecule has 0 saturated carbocycles. The number of hydrogen-bond acceptors (Lipinski definition) is 3. The molecule has 0 aromatic heterocycles. The Bertz CT molecular complexity index is 876. The molecule has 5 heteroatoms. The molecular formula is C26H33NO3Si+. The first-order valence-electron chi connectivity index (χ1n) is 10.8. The topological polar surface area (TPSA) is 41.4 Å². The van der Waals surface area contributed by atoms with Crippen molar-refractivity contribution in [2.75, 3.05) is 6.61 Å². The maximum Gasteiger partial charge on any atom is 0.369 e. The van der Waals surface area contributed by atoms with Crippen LogP contribution < -0.4 is 9.64 Å². The van der Waals surface area contributed by atoms with E-state index < -0.39 is 8.32 Å². The lowest BCUT2D eigenvalue weighted by Gasteiger charge is -2.36. The molecule has 1 fully saturated rings. The number of benzene rings is 2. The molecule has 1 saturated heterocycles.